The van der Waals surface area contributed by atoms with E-state index in [-0.39, 0.29) is 5.41 Å². The van der Waals surface area contributed by atoms with Crippen LogP contribution in [0.5, 0.6) is 0 Å². The second kappa shape index (κ2) is 6.47. The van der Waals surface area contributed by atoms with E-state index in [0.717, 1.165) is 26.1 Å². The van der Waals surface area contributed by atoms with Gasteiger partial charge in [-0.15, -0.1) is 0 Å². The minimum absolute atomic E-state index is 0.231. The summed E-state index contributed by atoms with van der Waals surface area (Å²) in [6.07, 6.45) is 8.92. The molecule has 2 fully saturated rings. The molecular formula is C13H25O3P. The van der Waals surface area contributed by atoms with Gasteiger partial charge in [-0.05, 0) is 25.7 Å². The summed E-state index contributed by atoms with van der Waals surface area (Å²) in [5.41, 5.74) is 0.231. The quantitative estimate of drug-likeness (QED) is 0.700. The molecule has 17 heavy (non-hydrogen) atoms. The Balaban J connectivity index is 1.74. The van der Waals surface area contributed by atoms with Gasteiger partial charge in [0.2, 0.25) is 0 Å². The summed E-state index contributed by atoms with van der Waals surface area (Å²) in [5, 5.41) is 0. The highest BCUT2D eigenvalue weighted by atomic mass is 31.2. The molecule has 2 aliphatic rings. The Morgan fingerprint density at radius 2 is 1.65 bits per heavy atom. The molecule has 0 atom stereocenters. The van der Waals surface area contributed by atoms with Crippen molar-refractivity contribution in [2.45, 2.75) is 64.9 Å². The van der Waals surface area contributed by atoms with Crippen LogP contribution in [0.4, 0.5) is 0 Å². The van der Waals surface area contributed by atoms with Gasteiger partial charge in [-0.1, -0.05) is 33.1 Å². The van der Waals surface area contributed by atoms with Gasteiger partial charge >= 0.3 is 8.60 Å². The maximum atomic E-state index is 5.93. The maximum Gasteiger partial charge on any atom is 0.332 e. The Morgan fingerprint density at radius 3 is 2.18 bits per heavy atom. The number of hydrogen-bond acceptors (Lipinski definition) is 3. The number of rotatable bonds is 4. The molecule has 0 aromatic rings. The lowest BCUT2D eigenvalue weighted by atomic mass is 9.84. The molecule has 1 saturated carbocycles. The predicted octanol–water partition coefficient (Wildman–Crippen LogP) is 4.42. The first kappa shape index (κ1) is 13.7. The van der Waals surface area contributed by atoms with Gasteiger partial charge in [0, 0.05) is 5.41 Å². The fourth-order valence-corrected chi connectivity index (χ4v) is 3.88. The molecule has 2 rings (SSSR count). The van der Waals surface area contributed by atoms with Crippen molar-refractivity contribution >= 4 is 8.60 Å². The molecule has 0 aromatic heterocycles. The van der Waals surface area contributed by atoms with Crippen LogP contribution < -0.4 is 0 Å². The third-order valence-corrected chi connectivity index (χ3v) is 5.39. The largest absolute Gasteiger partial charge is 0.332 e. The fourth-order valence-electron chi connectivity index (χ4n) is 2.47. The van der Waals surface area contributed by atoms with Gasteiger partial charge in [0.1, 0.15) is 0 Å². The molecule has 1 aliphatic carbocycles. The summed E-state index contributed by atoms with van der Waals surface area (Å²) in [5.74, 6) is 0. The lowest BCUT2D eigenvalue weighted by Gasteiger charge is -2.38. The normalized spacial score (nSPS) is 27.2. The minimum atomic E-state index is -1.06. The molecule has 1 saturated heterocycles. The SMILES string of the molecule is CCC1(CC)COP(OC2CCCCC2)OC1. The minimum Gasteiger partial charge on any atom is -0.312 e. The van der Waals surface area contributed by atoms with E-state index in [1.54, 1.807) is 0 Å². The lowest BCUT2D eigenvalue weighted by Crippen LogP contribution is -2.34. The van der Waals surface area contributed by atoms with Crippen LogP contribution in [0.25, 0.3) is 0 Å². The fraction of sp³-hybridized carbons (Fsp3) is 1.00. The summed E-state index contributed by atoms with van der Waals surface area (Å²) < 4.78 is 17.5. The van der Waals surface area contributed by atoms with E-state index in [4.69, 9.17) is 13.6 Å². The zero-order chi connectivity index (χ0) is 12.1. The van der Waals surface area contributed by atoms with Gasteiger partial charge in [-0.3, -0.25) is 0 Å². The summed E-state index contributed by atoms with van der Waals surface area (Å²) in [6.45, 7) is 6.04. The van der Waals surface area contributed by atoms with Crippen LogP contribution in [0.2, 0.25) is 0 Å². The van der Waals surface area contributed by atoms with E-state index >= 15 is 0 Å². The first-order chi connectivity index (χ1) is 8.28. The molecule has 0 amide bonds. The average molecular weight is 260 g/mol. The Hall–Kier alpha value is 0.310. The molecule has 0 radical (unpaired) electrons. The highest BCUT2D eigenvalue weighted by Gasteiger charge is 2.36. The van der Waals surface area contributed by atoms with E-state index < -0.39 is 8.60 Å². The van der Waals surface area contributed by atoms with Gasteiger partial charge in [0.05, 0.1) is 19.3 Å². The van der Waals surface area contributed by atoms with Crippen molar-refractivity contribution in [3.63, 3.8) is 0 Å². The standard InChI is InChI=1S/C13H25O3P/c1-3-13(4-2)10-14-17(15-11-13)16-12-8-6-5-7-9-12/h12H,3-11H2,1-2H3. The van der Waals surface area contributed by atoms with Gasteiger partial charge < -0.3 is 13.6 Å². The van der Waals surface area contributed by atoms with E-state index in [0.29, 0.717) is 6.10 Å². The van der Waals surface area contributed by atoms with E-state index in [9.17, 15) is 0 Å². The zero-order valence-corrected chi connectivity index (χ0v) is 12.0. The van der Waals surface area contributed by atoms with Gasteiger partial charge in [0.15, 0.2) is 0 Å². The van der Waals surface area contributed by atoms with Gasteiger partial charge in [-0.2, -0.15) is 0 Å². The first-order valence-electron chi connectivity index (χ1n) is 7.01. The molecule has 3 nitrogen and oxygen atoms in total. The van der Waals surface area contributed by atoms with Crippen LogP contribution in [0.3, 0.4) is 0 Å². The Bertz CT molecular complexity index is 215. The molecule has 0 bridgehead atoms. The molecule has 100 valence electrons. The average Bonchev–Trinajstić information content (AvgIpc) is 2.41. The van der Waals surface area contributed by atoms with Crippen LogP contribution in [0.1, 0.15) is 58.8 Å². The van der Waals surface area contributed by atoms with Crippen molar-refractivity contribution in [3.8, 4) is 0 Å². The van der Waals surface area contributed by atoms with Crippen LogP contribution in [-0.4, -0.2) is 19.3 Å². The third-order valence-electron chi connectivity index (χ3n) is 4.24. The van der Waals surface area contributed by atoms with Crippen molar-refractivity contribution in [2.75, 3.05) is 13.2 Å². The second-order valence-electron chi connectivity index (χ2n) is 5.34. The van der Waals surface area contributed by atoms with Crippen molar-refractivity contribution in [2.24, 2.45) is 5.41 Å². The van der Waals surface area contributed by atoms with Gasteiger partial charge in [-0.25, -0.2) is 0 Å². The third kappa shape index (κ3) is 3.64. The van der Waals surface area contributed by atoms with Crippen molar-refractivity contribution in [1.29, 1.82) is 0 Å². The Kier molecular flexibility index (Phi) is 5.23. The summed E-state index contributed by atoms with van der Waals surface area (Å²) in [7, 11) is -1.06. The number of hydrogen-bond donors (Lipinski definition) is 0. The van der Waals surface area contributed by atoms with Crippen molar-refractivity contribution in [3.05, 3.63) is 0 Å². The molecule has 4 heteroatoms. The molecular weight excluding hydrogens is 235 g/mol. The first-order valence-corrected chi connectivity index (χ1v) is 8.10. The van der Waals surface area contributed by atoms with Gasteiger partial charge in [0.25, 0.3) is 0 Å². The van der Waals surface area contributed by atoms with Crippen LogP contribution in [0, 0.1) is 5.41 Å². The highest BCUT2D eigenvalue weighted by Crippen LogP contribution is 2.50. The van der Waals surface area contributed by atoms with E-state index in [1.807, 2.05) is 0 Å². The van der Waals surface area contributed by atoms with Crippen LogP contribution >= 0.6 is 8.60 Å². The zero-order valence-electron chi connectivity index (χ0n) is 11.1. The van der Waals surface area contributed by atoms with E-state index in [1.165, 1.54) is 32.1 Å². The van der Waals surface area contributed by atoms with Crippen molar-refractivity contribution < 1.29 is 13.6 Å². The summed E-state index contributed by atoms with van der Waals surface area (Å²) in [6, 6.07) is 0. The molecule has 0 unspecified atom stereocenters. The molecule has 1 aliphatic heterocycles. The summed E-state index contributed by atoms with van der Waals surface area (Å²) >= 11 is 0. The van der Waals surface area contributed by atoms with Crippen LogP contribution in [0.15, 0.2) is 0 Å². The summed E-state index contributed by atoms with van der Waals surface area (Å²) in [4.78, 5) is 0. The maximum absolute atomic E-state index is 5.93. The highest BCUT2D eigenvalue weighted by molar-refractivity contribution is 7.41. The van der Waals surface area contributed by atoms with Crippen LogP contribution in [-0.2, 0) is 13.6 Å². The molecule has 1 heterocycles. The second-order valence-corrected chi connectivity index (χ2v) is 6.52. The molecule has 0 aromatic carbocycles. The molecule has 0 N–H and O–H groups in total. The van der Waals surface area contributed by atoms with E-state index in [2.05, 4.69) is 13.8 Å². The monoisotopic (exact) mass is 260 g/mol. The van der Waals surface area contributed by atoms with Crippen molar-refractivity contribution in [1.82, 2.24) is 0 Å². The topological polar surface area (TPSA) is 27.7 Å². The Morgan fingerprint density at radius 1 is 1.06 bits per heavy atom. The lowest BCUT2D eigenvalue weighted by molar-refractivity contribution is -0.0118. The smallest absolute Gasteiger partial charge is 0.312 e. The predicted molar refractivity (Wildman–Crippen MR) is 69.8 cm³/mol. The molecule has 0 spiro atoms. The Labute approximate surface area is 106 Å².